The Kier molecular flexibility index (Phi) is 9.54. The summed E-state index contributed by atoms with van der Waals surface area (Å²) in [6.45, 7) is 12.8. The third-order valence-corrected chi connectivity index (χ3v) is 5.99. The molecule has 0 aliphatic heterocycles. The second-order valence-corrected chi connectivity index (χ2v) is 9.18. The van der Waals surface area contributed by atoms with E-state index in [1.807, 2.05) is 57.1 Å². The molecule has 4 heteroatoms. The van der Waals surface area contributed by atoms with E-state index in [1.165, 1.54) is 31.2 Å². The average molecular weight is 424 g/mol. The summed E-state index contributed by atoms with van der Waals surface area (Å²) in [5, 5.41) is 1.10. The summed E-state index contributed by atoms with van der Waals surface area (Å²) in [5.41, 5.74) is 2.26. The Bertz CT molecular complexity index is 907. The normalized spacial score (nSPS) is 17.9. The van der Waals surface area contributed by atoms with Crippen molar-refractivity contribution in [2.75, 3.05) is 19.0 Å². The van der Waals surface area contributed by atoms with Crippen LogP contribution in [0.3, 0.4) is 0 Å². The van der Waals surface area contributed by atoms with Gasteiger partial charge in [-0.3, -0.25) is 0 Å². The molecule has 1 fully saturated rings. The lowest BCUT2D eigenvalue weighted by molar-refractivity contribution is 0.308. The first-order valence-corrected chi connectivity index (χ1v) is 11.7. The zero-order chi connectivity index (χ0) is 23.0. The minimum atomic E-state index is 0.812. The molecule has 0 bridgehead atoms. The molecule has 1 aromatic carbocycles. The molecule has 2 aromatic heterocycles. The highest BCUT2D eigenvalue weighted by Gasteiger charge is 2.13. The summed E-state index contributed by atoms with van der Waals surface area (Å²) in [6.07, 6.45) is 6.89. The maximum atomic E-state index is 5.36. The van der Waals surface area contributed by atoms with E-state index in [2.05, 4.69) is 43.7 Å². The molecule has 1 aliphatic carbocycles. The second-order valence-electron chi connectivity index (χ2n) is 9.18. The Labute approximate surface area is 189 Å². The first-order valence-electron chi connectivity index (χ1n) is 11.7. The van der Waals surface area contributed by atoms with Gasteiger partial charge in [0.2, 0.25) is 0 Å². The molecular formula is C27H41N3O. The lowest BCUT2D eigenvalue weighted by Gasteiger charge is -2.22. The van der Waals surface area contributed by atoms with Gasteiger partial charge in [-0.2, -0.15) is 0 Å². The molecule has 4 nitrogen and oxygen atoms in total. The van der Waals surface area contributed by atoms with Crippen LogP contribution in [0.5, 0.6) is 0 Å². The van der Waals surface area contributed by atoms with Gasteiger partial charge in [0.05, 0.1) is 5.52 Å². The lowest BCUT2D eigenvalue weighted by atomic mass is 9.84. The Morgan fingerprint density at radius 1 is 0.935 bits per heavy atom. The van der Waals surface area contributed by atoms with Crippen molar-refractivity contribution in [2.45, 2.75) is 73.6 Å². The fraction of sp³-hybridized carbons (Fsp3) is 0.556. The van der Waals surface area contributed by atoms with Crippen molar-refractivity contribution in [3.8, 4) is 0 Å². The predicted octanol–water partition coefficient (Wildman–Crippen LogP) is 7.30. The molecule has 0 unspecified atom stereocenters. The van der Waals surface area contributed by atoms with Crippen molar-refractivity contribution in [3.05, 3.63) is 53.2 Å². The highest BCUT2D eigenvalue weighted by Crippen LogP contribution is 2.27. The molecule has 3 aromatic rings. The summed E-state index contributed by atoms with van der Waals surface area (Å²) in [4.78, 5) is 10.8. The molecule has 0 saturated heterocycles. The highest BCUT2D eigenvalue weighted by molar-refractivity contribution is 5.89. The predicted molar refractivity (Wildman–Crippen MR) is 133 cm³/mol. The summed E-state index contributed by atoms with van der Waals surface area (Å²) in [6, 6.07) is 10.2. The van der Waals surface area contributed by atoms with Crippen molar-refractivity contribution in [1.29, 1.82) is 0 Å². The van der Waals surface area contributed by atoms with Crippen molar-refractivity contribution in [2.24, 2.45) is 11.8 Å². The first-order chi connectivity index (χ1) is 14.7. The van der Waals surface area contributed by atoms with Gasteiger partial charge in [0, 0.05) is 25.9 Å². The maximum Gasteiger partial charge on any atom is 0.139 e. The van der Waals surface area contributed by atoms with Crippen LogP contribution in [0, 0.1) is 32.6 Å². The van der Waals surface area contributed by atoms with Crippen LogP contribution < -0.4 is 4.90 Å². The topological polar surface area (TPSA) is 42.2 Å². The number of nitrogens with zero attached hydrogens (tertiary/aromatic N) is 3. The maximum absolute atomic E-state index is 5.36. The van der Waals surface area contributed by atoms with E-state index in [1.54, 1.807) is 0 Å². The van der Waals surface area contributed by atoms with E-state index >= 15 is 0 Å². The van der Waals surface area contributed by atoms with Gasteiger partial charge in [-0.05, 0) is 56.4 Å². The smallest absolute Gasteiger partial charge is 0.139 e. The van der Waals surface area contributed by atoms with Crippen LogP contribution in [0.1, 0.15) is 69.4 Å². The molecule has 4 rings (SSSR count). The Morgan fingerprint density at radius 3 is 1.97 bits per heavy atom. The van der Waals surface area contributed by atoms with Crippen LogP contribution in [0.4, 0.5) is 5.82 Å². The Morgan fingerprint density at radius 2 is 1.52 bits per heavy atom. The molecule has 1 aliphatic rings. The number of aromatic nitrogens is 2. The molecule has 0 radical (unpaired) electrons. The Balaban J connectivity index is 0.000000175. The molecular weight excluding hydrogens is 382 g/mol. The van der Waals surface area contributed by atoms with Gasteiger partial charge in [0.1, 0.15) is 23.2 Å². The fourth-order valence-electron chi connectivity index (χ4n) is 3.76. The third kappa shape index (κ3) is 7.68. The van der Waals surface area contributed by atoms with Gasteiger partial charge < -0.3 is 9.32 Å². The number of rotatable bonds is 2. The van der Waals surface area contributed by atoms with Crippen molar-refractivity contribution in [3.63, 3.8) is 0 Å². The van der Waals surface area contributed by atoms with E-state index < -0.39 is 0 Å². The van der Waals surface area contributed by atoms with E-state index in [9.17, 15) is 0 Å². The van der Waals surface area contributed by atoms with Crippen LogP contribution in [-0.4, -0.2) is 24.1 Å². The summed E-state index contributed by atoms with van der Waals surface area (Å²) in [5.74, 6) is 5.97. The number of aryl methyl sites for hydroxylation is 4. The highest BCUT2D eigenvalue weighted by atomic mass is 16.3. The number of anilines is 1. The molecule has 2 heterocycles. The fourth-order valence-corrected chi connectivity index (χ4v) is 3.76. The number of hydrogen-bond donors (Lipinski definition) is 0. The van der Waals surface area contributed by atoms with Crippen LogP contribution in [0.2, 0.25) is 0 Å². The van der Waals surface area contributed by atoms with Crippen molar-refractivity contribution in [1.82, 2.24) is 9.97 Å². The minimum Gasteiger partial charge on any atom is -0.466 e. The van der Waals surface area contributed by atoms with Crippen LogP contribution in [-0.2, 0) is 6.42 Å². The molecule has 1 saturated carbocycles. The monoisotopic (exact) mass is 423 g/mol. The number of fused-ring (bicyclic) bond motifs is 1. The van der Waals surface area contributed by atoms with E-state index in [0.29, 0.717) is 0 Å². The second kappa shape index (κ2) is 11.9. The van der Waals surface area contributed by atoms with Gasteiger partial charge >= 0.3 is 0 Å². The Hall–Kier alpha value is -2.36. The van der Waals surface area contributed by atoms with Crippen molar-refractivity contribution < 1.29 is 4.42 Å². The van der Waals surface area contributed by atoms with Crippen LogP contribution >= 0.6 is 0 Å². The molecule has 0 amide bonds. The van der Waals surface area contributed by atoms with Gasteiger partial charge in [0.25, 0.3) is 0 Å². The molecule has 0 atom stereocenters. The standard InChI is InChI=1S/C11H13N3.C8H12O.C8H16/c1-8-12-10-7-5-4-6-9(10)11(13-8)14(2)3;1-4-8-5-6(2)7(3)9-8;1-7-3-5-8(2)6-4-7/h4-7H,1-3H3;5H,4H2,1-3H3;7-8H,3-6H2,1-2H3. The van der Waals surface area contributed by atoms with Gasteiger partial charge in [-0.15, -0.1) is 0 Å². The molecule has 31 heavy (non-hydrogen) atoms. The molecule has 0 N–H and O–H groups in total. The van der Waals surface area contributed by atoms with Crippen LogP contribution in [0.15, 0.2) is 34.7 Å². The number of para-hydroxylation sites is 1. The summed E-state index contributed by atoms with van der Waals surface area (Å²) in [7, 11) is 3.99. The molecule has 0 spiro atoms. The van der Waals surface area contributed by atoms with Gasteiger partial charge in [-0.25, -0.2) is 9.97 Å². The quantitative estimate of drug-likeness (QED) is 0.434. The van der Waals surface area contributed by atoms with E-state index in [0.717, 1.165) is 52.3 Å². The average Bonchev–Trinajstić information content (AvgIpc) is 3.08. The third-order valence-electron chi connectivity index (χ3n) is 5.99. The number of furan rings is 1. The van der Waals surface area contributed by atoms with Gasteiger partial charge in [0.15, 0.2) is 0 Å². The van der Waals surface area contributed by atoms with Crippen molar-refractivity contribution >= 4 is 16.7 Å². The summed E-state index contributed by atoms with van der Waals surface area (Å²) < 4.78 is 5.36. The number of hydrogen-bond acceptors (Lipinski definition) is 4. The molecule has 170 valence electrons. The van der Waals surface area contributed by atoms with Crippen LogP contribution in [0.25, 0.3) is 10.9 Å². The number of benzene rings is 1. The minimum absolute atomic E-state index is 0.812. The van der Waals surface area contributed by atoms with E-state index in [4.69, 9.17) is 4.42 Å². The largest absolute Gasteiger partial charge is 0.466 e. The van der Waals surface area contributed by atoms with Gasteiger partial charge in [-0.1, -0.05) is 58.6 Å². The zero-order valence-corrected chi connectivity index (χ0v) is 20.8. The first kappa shape index (κ1) is 24.9. The zero-order valence-electron chi connectivity index (χ0n) is 20.8. The van der Waals surface area contributed by atoms with E-state index in [-0.39, 0.29) is 0 Å². The SMILES string of the molecule is CC1CCC(C)CC1.CCc1cc(C)c(C)o1.Cc1nc(N(C)C)c2ccccc2n1. The lowest BCUT2D eigenvalue weighted by Crippen LogP contribution is -2.12. The summed E-state index contributed by atoms with van der Waals surface area (Å²) >= 11 is 0.